The van der Waals surface area contributed by atoms with E-state index in [0.29, 0.717) is 6.54 Å². The van der Waals surface area contributed by atoms with Crippen LogP contribution in [-0.4, -0.2) is 34.6 Å². The van der Waals surface area contributed by atoms with Gasteiger partial charge in [-0.25, -0.2) is 0 Å². The van der Waals surface area contributed by atoms with E-state index in [2.05, 4.69) is 24.3 Å². The molecule has 5 heteroatoms. The Kier molecular flexibility index (Phi) is 3.71. The van der Waals surface area contributed by atoms with Crippen molar-refractivity contribution >= 4 is 5.91 Å². The zero-order chi connectivity index (χ0) is 13.2. The van der Waals surface area contributed by atoms with E-state index < -0.39 is 0 Å². The molecule has 1 fully saturated rings. The van der Waals surface area contributed by atoms with Crippen LogP contribution in [-0.2, 0) is 11.3 Å². The molecule has 1 aromatic heterocycles. The molecule has 100 valence electrons. The van der Waals surface area contributed by atoms with Crippen LogP contribution < -0.4 is 5.32 Å². The average Bonchev–Trinajstić information content (AvgIpc) is 2.80. The van der Waals surface area contributed by atoms with Crippen molar-refractivity contribution in [3.8, 4) is 0 Å². The highest BCUT2D eigenvalue weighted by Gasteiger charge is 2.37. The fourth-order valence-electron chi connectivity index (χ4n) is 2.52. The predicted octanol–water partition coefficient (Wildman–Crippen LogP) is 1.55. The minimum Gasteiger partial charge on any atom is -0.360 e. The lowest BCUT2D eigenvalue weighted by Crippen LogP contribution is -2.51. The van der Waals surface area contributed by atoms with Gasteiger partial charge >= 0.3 is 0 Å². The summed E-state index contributed by atoms with van der Waals surface area (Å²) in [4.78, 5) is 14.4. The topological polar surface area (TPSA) is 58.4 Å². The summed E-state index contributed by atoms with van der Waals surface area (Å²) in [6.45, 7) is 4.71. The molecule has 1 aliphatic heterocycles. The summed E-state index contributed by atoms with van der Waals surface area (Å²) < 4.78 is 5.12. The van der Waals surface area contributed by atoms with Crippen LogP contribution in [0.15, 0.2) is 16.8 Å². The molecule has 0 spiro atoms. The number of likely N-dealkylation sites (N-methyl/N-ethyl adjacent to an activating group) is 1. The van der Waals surface area contributed by atoms with Gasteiger partial charge < -0.3 is 14.7 Å². The van der Waals surface area contributed by atoms with Gasteiger partial charge in [0.25, 0.3) is 0 Å². The molecule has 1 unspecified atom stereocenters. The largest absolute Gasteiger partial charge is 0.360 e. The van der Waals surface area contributed by atoms with Crippen LogP contribution in [0.4, 0.5) is 0 Å². The van der Waals surface area contributed by atoms with Gasteiger partial charge in [-0.1, -0.05) is 5.16 Å². The number of amides is 1. The Labute approximate surface area is 108 Å². The van der Waals surface area contributed by atoms with Gasteiger partial charge in [0.2, 0.25) is 5.91 Å². The van der Waals surface area contributed by atoms with Crippen molar-refractivity contribution in [2.24, 2.45) is 0 Å². The van der Waals surface area contributed by atoms with Crippen molar-refractivity contribution in [1.82, 2.24) is 15.4 Å². The highest BCUT2D eigenvalue weighted by Crippen LogP contribution is 2.29. The van der Waals surface area contributed by atoms with E-state index in [-0.39, 0.29) is 17.5 Å². The molecule has 0 radical (unpaired) electrons. The second kappa shape index (κ2) is 5.10. The van der Waals surface area contributed by atoms with Crippen molar-refractivity contribution < 1.29 is 9.32 Å². The molecule has 2 heterocycles. The molecule has 1 aromatic rings. The number of carbonyl (C=O) groups excluding carboxylic acids is 1. The molecular weight excluding hydrogens is 230 g/mol. The Hall–Kier alpha value is -1.36. The number of nitrogens with one attached hydrogen (secondary N) is 1. The zero-order valence-electron chi connectivity index (χ0n) is 11.3. The van der Waals surface area contributed by atoms with Crippen LogP contribution in [0.2, 0.25) is 0 Å². The number of hydrogen-bond donors (Lipinski definition) is 1. The SMILES string of the molecule is CNC1CCCC(C)(C)N(Cc2ccno2)C1=O. The molecular formula is C13H21N3O2. The highest BCUT2D eigenvalue weighted by molar-refractivity contribution is 5.82. The Balaban J connectivity index is 2.22. The number of likely N-dealkylation sites (tertiary alicyclic amines) is 1. The Morgan fingerprint density at radius 1 is 1.61 bits per heavy atom. The first-order valence-corrected chi connectivity index (χ1v) is 6.43. The predicted molar refractivity (Wildman–Crippen MR) is 67.8 cm³/mol. The third-order valence-corrected chi connectivity index (χ3v) is 3.73. The Morgan fingerprint density at radius 3 is 3.00 bits per heavy atom. The number of carbonyl (C=O) groups is 1. The highest BCUT2D eigenvalue weighted by atomic mass is 16.5. The van der Waals surface area contributed by atoms with Crippen LogP contribution in [0.25, 0.3) is 0 Å². The molecule has 18 heavy (non-hydrogen) atoms. The maximum absolute atomic E-state index is 12.5. The summed E-state index contributed by atoms with van der Waals surface area (Å²) in [5.41, 5.74) is -0.143. The standard InChI is InChI=1S/C13H21N3O2/c1-13(2)7-4-5-11(14-3)12(17)16(13)9-10-6-8-15-18-10/h6,8,11,14H,4-5,7,9H2,1-3H3. The first kappa shape index (κ1) is 13.1. The van der Waals surface area contributed by atoms with Crippen LogP contribution in [0, 0.1) is 0 Å². The van der Waals surface area contributed by atoms with Gasteiger partial charge in [-0.05, 0) is 40.2 Å². The van der Waals surface area contributed by atoms with E-state index in [1.54, 1.807) is 6.20 Å². The van der Waals surface area contributed by atoms with Gasteiger partial charge in [0.15, 0.2) is 5.76 Å². The van der Waals surface area contributed by atoms with E-state index in [4.69, 9.17) is 4.52 Å². The van der Waals surface area contributed by atoms with Gasteiger partial charge in [-0.3, -0.25) is 4.79 Å². The van der Waals surface area contributed by atoms with E-state index in [1.807, 2.05) is 18.0 Å². The summed E-state index contributed by atoms with van der Waals surface area (Å²) in [5, 5.41) is 6.80. The first-order valence-electron chi connectivity index (χ1n) is 6.43. The summed E-state index contributed by atoms with van der Waals surface area (Å²) in [6.07, 6.45) is 4.56. The first-order chi connectivity index (χ1) is 8.54. The molecule has 1 N–H and O–H groups in total. The van der Waals surface area contributed by atoms with Gasteiger partial charge in [-0.2, -0.15) is 0 Å². The average molecular weight is 251 g/mol. The van der Waals surface area contributed by atoms with Crippen LogP contribution >= 0.6 is 0 Å². The quantitative estimate of drug-likeness (QED) is 0.885. The minimum atomic E-state index is -0.143. The summed E-state index contributed by atoms with van der Waals surface area (Å²) in [6, 6.07) is 1.72. The van der Waals surface area contributed by atoms with Gasteiger partial charge in [0, 0.05) is 11.6 Å². The second-order valence-electron chi connectivity index (χ2n) is 5.45. The fraction of sp³-hybridized carbons (Fsp3) is 0.692. The lowest BCUT2D eigenvalue weighted by Gasteiger charge is -2.37. The molecule has 1 atom stereocenters. The minimum absolute atomic E-state index is 0.0882. The monoisotopic (exact) mass is 251 g/mol. The van der Waals surface area contributed by atoms with Gasteiger partial charge in [-0.15, -0.1) is 0 Å². The Bertz CT molecular complexity index is 400. The molecule has 0 saturated carbocycles. The Morgan fingerprint density at radius 2 is 2.39 bits per heavy atom. The maximum Gasteiger partial charge on any atom is 0.240 e. The normalized spacial score (nSPS) is 24.1. The number of hydrogen-bond acceptors (Lipinski definition) is 4. The fourth-order valence-corrected chi connectivity index (χ4v) is 2.52. The third kappa shape index (κ3) is 2.56. The molecule has 1 saturated heterocycles. The lowest BCUT2D eigenvalue weighted by molar-refractivity contribution is -0.139. The van der Waals surface area contributed by atoms with E-state index in [9.17, 15) is 4.79 Å². The van der Waals surface area contributed by atoms with E-state index >= 15 is 0 Å². The lowest BCUT2D eigenvalue weighted by atomic mass is 9.97. The van der Waals surface area contributed by atoms with Crippen molar-refractivity contribution in [1.29, 1.82) is 0 Å². The van der Waals surface area contributed by atoms with Gasteiger partial charge in [0.1, 0.15) is 0 Å². The van der Waals surface area contributed by atoms with E-state index in [0.717, 1.165) is 25.0 Å². The molecule has 0 aromatic carbocycles. The van der Waals surface area contributed by atoms with Crippen LogP contribution in [0.3, 0.4) is 0 Å². The molecule has 1 aliphatic rings. The molecule has 2 rings (SSSR count). The number of aromatic nitrogens is 1. The summed E-state index contributed by atoms with van der Waals surface area (Å²) in [5.74, 6) is 0.879. The van der Waals surface area contributed by atoms with Crippen molar-refractivity contribution in [2.75, 3.05) is 7.05 Å². The zero-order valence-corrected chi connectivity index (χ0v) is 11.3. The summed E-state index contributed by atoms with van der Waals surface area (Å²) in [7, 11) is 1.84. The number of nitrogens with zero attached hydrogens (tertiary/aromatic N) is 2. The molecule has 0 bridgehead atoms. The van der Waals surface area contributed by atoms with Crippen molar-refractivity contribution in [3.05, 3.63) is 18.0 Å². The smallest absolute Gasteiger partial charge is 0.240 e. The third-order valence-electron chi connectivity index (χ3n) is 3.73. The second-order valence-corrected chi connectivity index (χ2v) is 5.45. The summed E-state index contributed by atoms with van der Waals surface area (Å²) >= 11 is 0. The molecule has 5 nitrogen and oxygen atoms in total. The maximum atomic E-state index is 12.5. The van der Waals surface area contributed by atoms with Crippen LogP contribution in [0.5, 0.6) is 0 Å². The van der Waals surface area contributed by atoms with E-state index in [1.165, 1.54) is 0 Å². The molecule has 0 aliphatic carbocycles. The van der Waals surface area contributed by atoms with Crippen LogP contribution in [0.1, 0.15) is 38.9 Å². The number of rotatable bonds is 3. The van der Waals surface area contributed by atoms with Crippen molar-refractivity contribution in [3.63, 3.8) is 0 Å². The van der Waals surface area contributed by atoms with Crippen molar-refractivity contribution in [2.45, 2.75) is 51.2 Å². The van der Waals surface area contributed by atoms with Gasteiger partial charge in [0.05, 0.1) is 18.8 Å². The molecule has 1 amide bonds.